The molecule has 0 fully saturated rings. The molecule has 0 saturated heterocycles. The van der Waals surface area contributed by atoms with Crippen molar-refractivity contribution in [2.45, 2.75) is 45.9 Å². The van der Waals surface area contributed by atoms with Crippen LogP contribution < -0.4 is 5.32 Å². The van der Waals surface area contributed by atoms with Crippen LogP contribution in [0.5, 0.6) is 0 Å². The van der Waals surface area contributed by atoms with Crippen LogP contribution in [0.15, 0.2) is 34.9 Å². The molecule has 1 aliphatic heterocycles. The lowest BCUT2D eigenvalue weighted by Crippen LogP contribution is -2.23. The smallest absolute Gasteiger partial charge is 0.108 e. The maximum atomic E-state index is 5.62. The molecule has 0 radical (unpaired) electrons. The number of hydrogen-bond donors (Lipinski definition) is 1. The molecule has 3 nitrogen and oxygen atoms in total. The molecule has 1 unspecified atom stereocenters. The maximum Gasteiger partial charge on any atom is 0.108 e. The average molecular weight is 285 g/mol. The van der Waals surface area contributed by atoms with Crippen LogP contribution in [0.2, 0.25) is 0 Å². The van der Waals surface area contributed by atoms with E-state index in [1.165, 1.54) is 22.3 Å². The van der Waals surface area contributed by atoms with Gasteiger partial charge in [0.25, 0.3) is 0 Å². The number of rotatable bonds is 6. The first-order chi connectivity index (χ1) is 10.3. The Morgan fingerprint density at radius 3 is 2.81 bits per heavy atom. The van der Waals surface area contributed by atoms with E-state index in [-0.39, 0.29) is 6.04 Å². The summed E-state index contributed by atoms with van der Waals surface area (Å²) in [6.07, 6.45) is 3.83. The zero-order valence-corrected chi connectivity index (χ0v) is 12.8. The predicted octanol–water partition coefficient (Wildman–Crippen LogP) is 3.96. The van der Waals surface area contributed by atoms with Crippen LogP contribution in [0.1, 0.15) is 54.3 Å². The first-order valence-electron chi connectivity index (χ1n) is 7.82. The highest BCUT2D eigenvalue weighted by molar-refractivity contribution is 5.39. The standard InChI is InChI=1S/C18H23NO2/c1-3-8-19-18(16-7-9-21-17(16)4-2)13-5-6-14-11-20-12-15(14)10-13/h5-7,9-10,18-19H,3-4,8,11-12H2,1-2H3. The highest BCUT2D eigenvalue weighted by Crippen LogP contribution is 2.30. The van der Waals surface area contributed by atoms with E-state index >= 15 is 0 Å². The number of ether oxygens (including phenoxy) is 1. The van der Waals surface area contributed by atoms with Gasteiger partial charge in [-0.3, -0.25) is 0 Å². The van der Waals surface area contributed by atoms with Crippen LogP contribution in [0.3, 0.4) is 0 Å². The molecule has 0 bridgehead atoms. The second-order valence-corrected chi connectivity index (χ2v) is 5.56. The third-order valence-corrected chi connectivity index (χ3v) is 4.09. The zero-order valence-electron chi connectivity index (χ0n) is 12.8. The van der Waals surface area contributed by atoms with Gasteiger partial charge in [0.1, 0.15) is 5.76 Å². The van der Waals surface area contributed by atoms with Gasteiger partial charge < -0.3 is 14.5 Å². The van der Waals surface area contributed by atoms with Gasteiger partial charge in [-0.15, -0.1) is 0 Å². The molecule has 21 heavy (non-hydrogen) atoms. The van der Waals surface area contributed by atoms with Crippen LogP contribution in [0.4, 0.5) is 0 Å². The molecule has 2 heterocycles. The predicted molar refractivity (Wildman–Crippen MR) is 83.2 cm³/mol. The van der Waals surface area contributed by atoms with Gasteiger partial charge in [0.2, 0.25) is 0 Å². The Kier molecular flexibility index (Phi) is 4.42. The number of fused-ring (bicyclic) bond motifs is 1. The number of hydrogen-bond acceptors (Lipinski definition) is 3. The minimum Gasteiger partial charge on any atom is -0.469 e. The first-order valence-corrected chi connectivity index (χ1v) is 7.82. The first kappa shape index (κ1) is 14.4. The Morgan fingerprint density at radius 2 is 2.00 bits per heavy atom. The zero-order chi connectivity index (χ0) is 14.7. The highest BCUT2D eigenvalue weighted by Gasteiger charge is 2.20. The van der Waals surface area contributed by atoms with Gasteiger partial charge in [0.05, 0.1) is 25.5 Å². The fraction of sp³-hybridized carbons (Fsp3) is 0.444. The largest absolute Gasteiger partial charge is 0.469 e. The quantitative estimate of drug-likeness (QED) is 0.872. The minimum absolute atomic E-state index is 0.199. The van der Waals surface area contributed by atoms with Crippen molar-refractivity contribution in [3.8, 4) is 0 Å². The van der Waals surface area contributed by atoms with Gasteiger partial charge in [-0.2, -0.15) is 0 Å². The fourth-order valence-corrected chi connectivity index (χ4v) is 2.96. The molecular weight excluding hydrogens is 262 g/mol. The third kappa shape index (κ3) is 2.89. The Labute approximate surface area is 126 Å². The summed E-state index contributed by atoms with van der Waals surface area (Å²) < 4.78 is 11.2. The highest BCUT2D eigenvalue weighted by atomic mass is 16.5. The second-order valence-electron chi connectivity index (χ2n) is 5.56. The molecule has 1 aliphatic rings. The van der Waals surface area contributed by atoms with Crippen LogP contribution in [0.25, 0.3) is 0 Å². The molecule has 0 amide bonds. The number of benzene rings is 1. The van der Waals surface area contributed by atoms with E-state index in [9.17, 15) is 0 Å². The van der Waals surface area contributed by atoms with Gasteiger partial charge in [-0.25, -0.2) is 0 Å². The molecule has 1 aromatic heterocycles. The van der Waals surface area contributed by atoms with Gasteiger partial charge in [0, 0.05) is 12.0 Å². The SMILES string of the molecule is CCCNC(c1ccc2c(c1)COC2)c1ccoc1CC. The van der Waals surface area contributed by atoms with Crippen molar-refractivity contribution in [3.05, 3.63) is 58.5 Å². The summed E-state index contributed by atoms with van der Waals surface area (Å²) in [5.74, 6) is 1.07. The lowest BCUT2D eigenvalue weighted by Gasteiger charge is -2.20. The van der Waals surface area contributed by atoms with Crippen molar-refractivity contribution in [1.82, 2.24) is 5.32 Å². The van der Waals surface area contributed by atoms with E-state index in [1.54, 1.807) is 6.26 Å². The molecule has 0 saturated carbocycles. The average Bonchev–Trinajstić information content (AvgIpc) is 3.15. The summed E-state index contributed by atoms with van der Waals surface area (Å²) >= 11 is 0. The molecule has 2 aromatic rings. The van der Waals surface area contributed by atoms with E-state index in [4.69, 9.17) is 9.15 Å². The van der Waals surface area contributed by atoms with E-state index in [0.29, 0.717) is 0 Å². The van der Waals surface area contributed by atoms with Crippen molar-refractivity contribution in [3.63, 3.8) is 0 Å². The molecule has 1 aromatic carbocycles. The van der Waals surface area contributed by atoms with Crippen molar-refractivity contribution in [1.29, 1.82) is 0 Å². The molecule has 0 aliphatic carbocycles. The normalized spacial score (nSPS) is 15.1. The summed E-state index contributed by atoms with van der Waals surface area (Å²) in [5.41, 5.74) is 5.18. The van der Waals surface area contributed by atoms with Gasteiger partial charge in [0.15, 0.2) is 0 Å². The molecule has 112 valence electrons. The number of aryl methyl sites for hydroxylation is 1. The Bertz CT molecular complexity index is 603. The van der Waals surface area contributed by atoms with Gasteiger partial charge in [-0.05, 0) is 35.7 Å². The van der Waals surface area contributed by atoms with Crippen molar-refractivity contribution in [2.75, 3.05) is 6.54 Å². The summed E-state index contributed by atoms with van der Waals surface area (Å²) in [7, 11) is 0. The fourth-order valence-electron chi connectivity index (χ4n) is 2.96. The van der Waals surface area contributed by atoms with E-state index in [0.717, 1.165) is 38.4 Å². The van der Waals surface area contributed by atoms with Crippen LogP contribution >= 0.6 is 0 Å². The van der Waals surface area contributed by atoms with E-state index < -0.39 is 0 Å². The lowest BCUT2D eigenvalue weighted by atomic mass is 9.95. The molecule has 1 N–H and O–H groups in total. The monoisotopic (exact) mass is 285 g/mol. The van der Waals surface area contributed by atoms with E-state index in [2.05, 4.69) is 43.4 Å². The maximum absolute atomic E-state index is 5.62. The summed E-state index contributed by atoms with van der Waals surface area (Å²) in [5, 5.41) is 3.65. The molecule has 3 heteroatoms. The van der Waals surface area contributed by atoms with Gasteiger partial charge >= 0.3 is 0 Å². The van der Waals surface area contributed by atoms with E-state index in [1.807, 2.05) is 0 Å². The molecule has 3 rings (SSSR count). The number of furan rings is 1. The Hall–Kier alpha value is -1.58. The summed E-state index contributed by atoms with van der Waals surface area (Å²) in [6, 6.07) is 8.99. The van der Waals surface area contributed by atoms with Crippen LogP contribution in [-0.2, 0) is 24.4 Å². The van der Waals surface area contributed by atoms with Crippen molar-refractivity contribution >= 4 is 0 Å². The Balaban J connectivity index is 1.95. The Morgan fingerprint density at radius 1 is 1.14 bits per heavy atom. The van der Waals surface area contributed by atoms with Crippen LogP contribution in [0, 0.1) is 0 Å². The molecular formula is C18H23NO2. The van der Waals surface area contributed by atoms with Crippen molar-refractivity contribution in [2.24, 2.45) is 0 Å². The molecule has 0 spiro atoms. The topological polar surface area (TPSA) is 34.4 Å². The van der Waals surface area contributed by atoms with Crippen molar-refractivity contribution < 1.29 is 9.15 Å². The number of nitrogens with one attached hydrogen (secondary N) is 1. The summed E-state index contributed by atoms with van der Waals surface area (Å²) in [6.45, 7) is 6.79. The second kappa shape index (κ2) is 6.46. The van der Waals surface area contributed by atoms with Gasteiger partial charge in [-0.1, -0.05) is 32.0 Å². The lowest BCUT2D eigenvalue weighted by molar-refractivity contribution is 0.134. The van der Waals surface area contributed by atoms with Crippen LogP contribution in [-0.4, -0.2) is 6.54 Å². The summed E-state index contributed by atoms with van der Waals surface area (Å²) in [4.78, 5) is 0. The third-order valence-electron chi connectivity index (χ3n) is 4.09. The molecule has 1 atom stereocenters. The minimum atomic E-state index is 0.199.